The number of methoxy groups -OCH3 is 1. The summed E-state index contributed by atoms with van der Waals surface area (Å²) in [5.74, 6) is 0.434. The molecule has 12 heavy (non-hydrogen) atoms. The van der Waals surface area contributed by atoms with Crippen LogP contribution in [0.15, 0.2) is 0 Å². The highest BCUT2D eigenvalue weighted by atomic mass is 16.5. The van der Waals surface area contributed by atoms with Crippen LogP contribution in [0.4, 0.5) is 0 Å². The quantitative estimate of drug-likeness (QED) is 0.585. The molecule has 0 unspecified atom stereocenters. The van der Waals surface area contributed by atoms with E-state index in [2.05, 4.69) is 0 Å². The molecular weight excluding hydrogens is 156 g/mol. The summed E-state index contributed by atoms with van der Waals surface area (Å²) >= 11 is 0. The Morgan fingerprint density at radius 1 is 1.50 bits per heavy atom. The van der Waals surface area contributed by atoms with Gasteiger partial charge in [0, 0.05) is 0 Å². The lowest BCUT2D eigenvalue weighted by molar-refractivity contribution is -0.147. The number of fused-ring (bicyclic) bond motifs is 2. The Kier molecular flexibility index (Phi) is 1.83. The predicted octanol–water partition coefficient (Wildman–Crippen LogP) is 0.566. The number of ether oxygens (including phenoxy) is 1. The SMILES string of the molecule is COC(=O)[C@H]1[C@H]2CC[C@H]1[C@@H](O)C2. The molecule has 0 aromatic rings. The largest absolute Gasteiger partial charge is 0.469 e. The van der Waals surface area contributed by atoms with Crippen molar-refractivity contribution < 1.29 is 14.6 Å². The van der Waals surface area contributed by atoms with Crippen LogP contribution in [0.3, 0.4) is 0 Å². The molecule has 0 amide bonds. The summed E-state index contributed by atoms with van der Waals surface area (Å²) in [5.41, 5.74) is 0. The van der Waals surface area contributed by atoms with Crippen molar-refractivity contribution >= 4 is 5.97 Å². The van der Waals surface area contributed by atoms with E-state index in [1.54, 1.807) is 0 Å². The van der Waals surface area contributed by atoms with Gasteiger partial charge < -0.3 is 9.84 Å². The summed E-state index contributed by atoms with van der Waals surface area (Å²) in [6, 6.07) is 0. The van der Waals surface area contributed by atoms with Crippen LogP contribution in [0.1, 0.15) is 19.3 Å². The van der Waals surface area contributed by atoms with Gasteiger partial charge in [-0.25, -0.2) is 0 Å². The number of esters is 1. The Labute approximate surface area is 71.7 Å². The summed E-state index contributed by atoms with van der Waals surface area (Å²) in [5, 5.41) is 9.53. The van der Waals surface area contributed by atoms with Crippen LogP contribution in [0.5, 0.6) is 0 Å². The number of carbonyl (C=O) groups is 1. The van der Waals surface area contributed by atoms with Crippen molar-refractivity contribution in [2.45, 2.75) is 25.4 Å². The first-order valence-corrected chi connectivity index (χ1v) is 4.50. The molecule has 0 aliphatic heterocycles. The van der Waals surface area contributed by atoms with E-state index in [0.717, 1.165) is 19.3 Å². The molecule has 0 heterocycles. The topological polar surface area (TPSA) is 46.5 Å². The minimum atomic E-state index is -0.257. The third-order valence-electron chi connectivity index (χ3n) is 3.35. The first kappa shape index (κ1) is 8.05. The highest BCUT2D eigenvalue weighted by Crippen LogP contribution is 2.49. The molecule has 2 aliphatic rings. The van der Waals surface area contributed by atoms with Crippen molar-refractivity contribution in [1.29, 1.82) is 0 Å². The summed E-state index contributed by atoms with van der Waals surface area (Å²) in [7, 11) is 1.42. The predicted molar refractivity (Wildman–Crippen MR) is 42.3 cm³/mol. The lowest BCUT2D eigenvalue weighted by atomic mass is 9.97. The number of aliphatic hydroxyl groups excluding tert-OH is 1. The van der Waals surface area contributed by atoms with Crippen LogP contribution >= 0.6 is 0 Å². The molecule has 0 aromatic heterocycles. The molecule has 3 heteroatoms. The van der Waals surface area contributed by atoms with Gasteiger partial charge in [0.05, 0.1) is 19.1 Å². The van der Waals surface area contributed by atoms with E-state index in [9.17, 15) is 9.90 Å². The zero-order valence-corrected chi connectivity index (χ0v) is 7.19. The maximum absolute atomic E-state index is 11.3. The van der Waals surface area contributed by atoms with Crippen molar-refractivity contribution in [3.05, 3.63) is 0 Å². The third kappa shape index (κ3) is 0.959. The molecule has 2 saturated carbocycles. The van der Waals surface area contributed by atoms with E-state index in [-0.39, 0.29) is 23.9 Å². The third-order valence-corrected chi connectivity index (χ3v) is 3.35. The minimum absolute atomic E-state index is 0.00926. The molecule has 3 nitrogen and oxygen atoms in total. The van der Waals surface area contributed by atoms with Crippen LogP contribution in [-0.4, -0.2) is 24.3 Å². The van der Waals surface area contributed by atoms with Crippen molar-refractivity contribution in [3.63, 3.8) is 0 Å². The number of aliphatic hydroxyl groups is 1. The van der Waals surface area contributed by atoms with E-state index < -0.39 is 0 Å². The Hall–Kier alpha value is -0.570. The number of hydrogen-bond acceptors (Lipinski definition) is 3. The molecule has 0 radical (unpaired) electrons. The molecular formula is C9H14O3. The number of hydrogen-bond donors (Lipinski definition) is 1. The van der Waals surface area contributed by atoms with Gasteiger partial charge in [0.25, 0.3) is 0 Å². The van der Waals surface area contributed by atoms with Gasteiger partial charge in [-0.1, -0.05) is 0 Å². The van der Waals surface area contributed by atoms with Gasteiger partial charge >= 0.3 is 5.97 Å². The maximum Gasteiger partial charge on any atom is 0.309 e. The van der Waals surface area contributed by atoms with Crippen molar-refractivity contribution in [3.8, 4) is 0 Å². The molecule has 2 rings (SSSR count). The van der Waals surface area contributed by atoms with Crippen LogP contribution in [0, 0.1) is 17.8 Å². The molecule has 2 fully saturated rings. The zero-order valence-electron chi connectivity index (χ0n) is 7.19. The van der Waals surface area contributed by atoms with Crippen molar-refractivity contribution in [1.82, 2.24) is 0 Å². The lowest BCUT2D eigenvalue weighted by Gasteiger charge is -2.15. The first-order chi connectivity index (χ1) is 5.74. The van der Waals surface area contributed by atoms with Gasteiger partial charge in [-0.2, -0.15) is 0 Å². The van der Waals surface area contributed by atoms with Crippen molar-refractivity contribution in [2.75, 3.05) is 7.11 Å². The first-order valence-electron chi connectivity index (χ1n) is 4.50. The highest BCUT2D eigenvalue weighted by molar-refractivity contribution is 5.74. The average molecular weight is 170 g/mol. The fourth-order valence-corrected chi connectivity index (χ4v) is 2.80. The molecule has 1 N–H and O–H groups in total. The van der Waals surface area contributed by atoms with Gasteiger partial charge in [0.1, 0.15) is 0 Å². The normalized spacial score (nSPS) is 44.8. The molecule has 0 aromatic carbocycles. The second-order valence-corrected chi connectivity index (χ2v) is 3.85. The second kappa shape index (κ2) is 2.73. The van der Waals surface area contributed by atoms with Crippen LogP contribution < -0.4 is 0 Å². The van der Waals surface area contributed by atoms with E-state index in [1.165, 1.54) is 7.11 Å². The molecule has 68 valence electrons. The number of carbonyl (C=O) groups excluding carboxylic acids is 1. The summed E-state index contributed by atoms with van der Waals surface area (Å²) in [6.07, 6.45) is 2.62. The minimum Gasteiger partial charge on any atom is -0.469 e. The second-order valence-electron chi connectivity index (χ2n) is 3.85. The Balaban J connectivity index is 2.13. The van der Waals surface area contributed by atoms with Gasteiger partial charge in [-0.15, -0.1) is 0 Å². The Bertz CT molecular complexity index is 202. The zero-order chi connectivity index (χ0) is 8.72. The molecule has 0 saturated heterocycles. The monoisotopic (exact) mass is 170 g/mol. The van der Waals surface area contributed by atoms with E-state index >= 15 is 0 Å². The maximum atomic E-state index is 11.3. The van der Waals surface area contributed by atoms with Crippen LogP contribution in [0.2, 0.25) is 0 Å². The van der Waals surface area contributed by atoms with Gasteiger partial charge in [-0.05, 0) is 31.1 Å². The number of rotatable bonds is 1. The van der Waals surface area contributed by atoms with Crippen molar-refractivity contribution in [2.24, 2.45) is 17.8 Å². The Morgan fingerprint density at radius 2 is 2.25 bits per heavy atom. The van der Waals surface area contributed by atoms with E-state index in [0.29, 0.717) is 5.92 Å². The molecule has 2 bridgehead atoms. The van der Waals surface area contributed by atoms with Crippen LogP contribution in [0.25, 0.3) is 0 Å². The fraction of sp³-hybridized carbons (Fsp3) is 0.889. The Morgan fingerprint density at radius 3 is 2.67 bits per heavy atom. The van der Waals surface area contributed by atoms with Crippen LogP contribution in [-0.2, 0) is 9.53 Å². The average Bonchev–Trinajstić information content (AvgIpc) is 2.59. The van der Waals surface area contributed by atoms with E-state index in [4.69, 9.17) is 4.74 Å². The summed E-state index contributed by atoms with van der Waals surface area (Å²) in [6.45, 7) is 0. The molecule has 0 spiro atoms. The highest BCUT2D eigenvalue weighted by Gasteiger charge is 2.51. The fourth-order valence-electron chi connectivity index (χ4n) is 2.80. The lowest BCUT2D eigenvalue weighted by Crippen LogP contribution is -2.23. The standard InChI is InChI=1S/C9H14O3/c1-12-9(11)8-5-2-3-6(8)7(10)4-5/h5-8,10H,2-4H2,1H3/t5-,6-,7-,8-/m0/s1. The summed E-state index contributed by atoms with van der Waals surface area (Å²) in [4.78, 5) is 11.3. The van der Waals surface area contributed by atoms with Gasteiger partial charge in [-0.3, -0.25) is 4.79 Å². The van der Waals surface area contributed by atoms with Gasteiger partial charge in [0.15, 0.2) is 0 Å². The molecule has 2 aliphatic carbocycles. The molecule has 4 atom stereocenters. The van der Waals surface area contributed by atoms with E-state index in [1.807, 2.05) is 0 Å². The van der Waals surface area contributed by atoms with Gasteiger partial charge in [0.2, 0.25) is 0 Å². The smallest absolute Gasteiger partial charge is 0.309 e. The summed E-state index contributed by atoms with van der Waals surface area (Å²) < 4.78 is 4.71.